The van der Waals surface area contributed by atoms with Crippen LogP contribution in [0.4, 0.5) is 10.2 Å². The summed E-state index contributed by atoms with van der Waals surface area (Å²) in [4.78, 5) is 23.4. The Morgan fingerprint density at radius 2 is 2.00 bits per heavy atom. The number of aromatic amines is 2. The van der Waals surface area contributed by atoms with Gasteiger partial charge >= 0.3 is 0 Å². The number of hydrogen-bond donors (Lipinski definition) is 3. The van der Waals surface area contributed by atoms with Gasteiger partial charge in [0.1, 0.15) is 11.3 Å². The molecular formula is C20H16FN7. The number of hydrogen-bond acceptors (Lipinski definition) is 5. The fourth-order valence-corrected chi connectivity index (χ4v) is 3.28. The first kappa shape index (κ1) is 16.4. The number of para-hydroxylation sites is 1. The second kappa shape index (κ2) is 6.73. The summed E-state index contributed by atoms with van der Waals surface area (Å²) in [6.07, 6.45) is 7.10. The lowest BCUT2D eigenvalue weighted by Gasteiger charge is -2.08. The lowest BCUT2D eigenvalue weighted by Crippen LogP contribution is -2.08. The molecule has 0 aliphatic heterocycles. The van der Waals surface area contributed by atoms with Crippen molar-refractivity contribution >= 4 is 27.9 Å². The van der Waals surface area contributed by atoms with Crippen molar-refractivity contribution in [3.8, 4) is 11.4 Å². The quantitative estimate of drug-likeness (QED) is 0.437. The normalized spacial score (nSPS) is 11.3. The maximum Gasteiger partial charge on any atom is 0.183 e. The van der Waals surface area contributed by atoms with Crippen molar-refractivity contribution in [1.82, 2.24) is 29.9 Å². The van der Waals surface area contributed by atoms with E-state index in [4.69, 9.17) is 0 Å². The third kappa shape index (κ3) is 2.94. The third-order valence-electron chi connectivity index (χ3n) is 4.61. The Labute approximate surface area is 159 Å². The van der Waals surface area contributed by atoms with Crippen LogP contribution in [-0.2, 0) is 6.42 Å². The first-order valence-corrected chi connectivity index (χ1v) is 8.89. The number of halogens is 1. The van der Waals surface area contributed by atoms with Gasteiger partial charge in [0.05, 0.1) is 12.5 Å². The summed E-state index contributed by atoms with van der Waals surface area (Å²) in [5, 5.41) is 4.56. The third-order valence-corrected chi connectivity index (χ3v) is 4.61. The number of nitrogens with zero attached hydrogens (tertiary/aromatic N) is 4. The fourth-order valence-electron chi connectivity index (χ4n) is 3.28. The Balaban J connectivity index is 1.43. The molecule has 4 aromatic heterocycles. The van der Waals surface area contributed by atoms with E-state index in [-0.39, 0.29) is 0 Å². The van der Waals surface area contributed by atoms with Gasteiger partial charge in [0.2, 0.25) is 0 Å². The van der Waals surface area contributed by atoms with E-state index >= 15 is 0 Å². The Morgan fingerprint density at radius 1 is 1.07 bits per heavy atom. The number of aromatic nitrogens is 6. The van der Waals surface area contributed by atoms with Crippen molar-refractivity contribution in [3.05, 3.63) is 66.6 Å². The number of anilines is 1. The summed E-state index contributed by atoms with van der Waals surface area (Å²) in [6.45, 7) is 0.674. The minimum Gasteiger partial charge on any atom is -0.368 e. The zero-order chi connectivity index (χ0) is 18.9. The molecule has 1 aromatic carbocycles. The Hall–Kier alpha value is -3.81. The zero-order valence-corrected chi connectivity index (χ0v) is 14.8. The summed E-state index contributed by atoms with van der Waals surface area (Å²) >= 11 is 0. The van der Waals surface area contributed by atoms with Crippen LogP contribution in [0.25, 0.3) is 33.5 Å². The lowest BCUT2D eigenvalue weighted by atomic mass is 10.1. The van der Waals surface area contributed by atoms with Gasteiger partial charge in [-0.1, -0.05) is 18.2 Å². The van der Waals surface area contributed by atoms with Gasteiger partial charge in [-0.25, -0.2) is 19.3 Å². The number of fused-ring (bicyclic) bond motifs is 2. The SMILES string of the molecule is Fc1cncc(-c2nc(NCCc3c[nH]c4ccccc34)c3[nH]cnc3n2)c1. The molecule has 0 saturated carbocycles. The molecule has 0 radical (unpaired) electrons. The molecule has 0 aliphatic carbocycles. The summed E-state index contributed by atoms with van der Waals surface area (Å²) in [5.74, 6) is 0.569. The van der Waals surface area contributed by atoms with Gasteiger partial charge in [-0.3, -0.25) is 4.98 Å². The van der Waals surface area contributed by atoms with Crippen molar-refractivity contribution < 1.29 is 4.39 Å². The molecule has 28 heavy (non-hydrogen) atoms. The highest BCUT2D eigenvalue weighted by atomic mass is 19.1. The topological polar surface area (TPSA) is 95.2 Å². The molecule has 0 bridgehead atoms. The highest BCUT2D eigenvalue weighted by Gasteiger charge is 2.12. The molecule has 138 valence electrons. The maximum atomic E-state index is 13.5. The average molecular weight is 373 g/mol. The molecule has 0 aliphatic rings. The van der Waals surface area contributed by atoms with E-state index in [2.05, 4.69) is 47.4 Å². The number of nitrogens with one attached hydrogen (secondary N) is 3. The standard InChI is InChI=1S/C20H16FN7/c21-14-7-13(8-22-10-14)18-27-19(17-20(28-18)26-11-25-17)23-6-5-12-9-24-16-4-2-1-3-15(12)16/h1-4,7-11,24H,5-6H2,(H2,23,25,26,27,28). The molecule has 0 unspecified atom stereocenters. The predicted molar refractivity (Wildman–Crippen MR) is 105 cm³/mol. The average Bonchev–Trinajstić information content (AvgIpc) is 3.35. The van der Waals surface area contributed by atoms with Gasteiger partial charge in [0, 0.05) is 35.4 Å². The number of imidazole rings is 1. The molecule has 3 N–H and O–H groups in total. The predicted octanol–water partition coefficient (Wildman–Crippen LogP) is 3.69. The van der Waals surface area contributed by atoms with Crippen molar-refractivity contribution in [2.45, 2.75) is 6.42 Å². The van der Waals surface area contributed by atoms with Crippen molar-refractivity contribution in [3.63, 3.8) is 0 Å². The van der Waals surface area contributed by atoms with Gasteiger partial charge < -0.3 is 15.3 Å². The molecule has 7 nitrogen and oxygen atoms in total. The van der Waals surface area contributed by atoms with Gasteiger partial charge in [0.15, 0.2) is 17.3 Å². The van der Waals surface area contributed by atoms with Crippen molar-refractivity contribution in [2.75, 3.05) is 11.9 Å². The number of H-pyrrole nitrogens is 2. The van der Waals surface area contributed by atoms with Crippen LogP contribution in [0.1, 0.15) is 5.56 Å². The molecule has 0 atom stereocenters. The van der Waals surface area contributed by atoms with E-state index in [0.717, 1.165) is 18.1 Å². The minimum absolute atomic E-state index is 0.376. The first-order chi connectivity index (χ1) is 13.8. The summed E-state index contributed by atoms with van der Waals surface area (Å²) in [7, 11) is 0. The van der Waals surface area contributed by atoms with Crippen LogP contribution in [0.5, 0.6) is 0 Å². The van der Waals surface area contributed by atoms with E-state index in [9.17, 15) is 4.39 Å². The van der Waals surface area contributed by atoms with Gasteiger partial charge in [-0.15, -0.1) is 0 Å². The van der Waals surface area contributed by atoms with Crippen molar-refractivity contribution in [1.29, 1.82) is 0 Å². The monoisotopic (exact) mass is 373 g/mol. The highest BCUT2D eigenvalue weighted by Crippen LogP contribution is 2.23. The summed E-state index contributed by atoms with van der Waals surface area (Å²) in [6, 6.07) is 9.57. The minimum atomic E-state index is -0.433. The van der Waals surface area contributed by atoms with E-state index < -0.39 is 5.82 Å². The van der Waals surface area contributed by atoms with Crippen LogP contribution < -0.4 is 5.32 Å². The van der Waals surface area contributed by atoms with E-state index in [0.29, 0.717) is 34.9 Å². The van der Waals surface area contributed by atoms with E-state index in [1.165, 1.54) is 23.2 Å². The van der Waals surface area contributed by atoms with Crippen LogP contribution >= 0.6 is 0 Å². The molecule has 5 aromatic rings. The van der Waals surface area contributed by atoms with Crippen LogP contribution in [0.15, 0.2) is 55.2 Å². The molecule has 0 fully saturated rings. The van der Waals surface area contributed by atoms with Crippen LogP contribution in [-0.4, -0.2) is 36.4 Å². The van der Waals surface area contributed by atoms with Crippen LogP contribution in [0, 0.1) is 5.82 Å². The largest absolute Gasteiger partial charge is 0.368 e. The number of pyridine rings is 1. The van der Waals surface area contributed by atoms with Gasteiger partial charge in [-0.2, -0.15) is 0 Å². The molecular weight excluding hydrogens is 357 g/mol. The molecule has 4 heterocycles. The Morgan fingerprint density at radius 3 is 2.93 bits per heavy atom. The summed E-state index contributed by atoms with van der Waals surface area (Å²) in [5.41, 5.74) is 4.09. The van der Waals surface area contributed by atoms with Gasteiger partial charge in [0.25, 0.3) is 0 Å². The molecule has 5 rings (SSSR count). The zero-order valence-electron chi connectivity index (χ0n) is 14.8. The van der Waals surface area contributed by atoms with E-state index in [1.54, 1.807) is 6.33 Å². The van der Waals surface area contributed by atoms with E-state index in [1.807, 2.05) is 18.3 Å². The van der Waals surface area contributed by atoms with Crippen molar-refractivity contribution in [2.24, 2.45) is 0 Å². The Kier molecular flexibility index (Phi) is 3.93. The lowest BCUT2D eigenvalue weighted by molar-refractivity contribution is 0.622. The van der Waals surface area contributed by atoms with Gasteiger partial charge in [-0.05, 0) is 24.1 Å². The smallest absolute Gasteiger partial charge is 0.183 e. The first-order valence-electron chi connectivity index (χ1n) is 8.89. The molecule has 8 heteroatoms. The fraction of sp³-hybridized carbons (Fsp3) is 0.100. The second-order valence-corrected chi connectivity index (χ2v) is 6.43. The number of benzene rings is 1. The maximum absolute atomic E-state index is 13.5. The highest BCUT2D eigenvalue weighted by molar-refractivity contribution is 5.85. The molecule has 0 saturated heterocycles. The molecule has 0 spiro atoms. The molecule has 0 amide bonds. The van der Waals surface area contributed by atoms with Crippen LogP contribution in [0.3, 0.4) is 0 Å². The summed E-state index contributed by atoms with van der Waals surface area (Å²) < 4.78 is 13.5. The Bertz CT molecular complexity index is 1270. The van der Waals surface area contributed by atoms with Crippen LogP contribution in [0.2, 0.25) is 0 Å². The number of rotatable bonds is 5. The second-order valence-electron chi connectivity index (χ2n) is 6.43.